The molecule has 0 heterocycles. The Hall–Kier alpha value is -5.98. The molecule has 0 N–H and O–H groups in total. The summed E-state index contributed by atoms with van der Waals surface area (Å²) in [5, 5.41) is 3.38. The summed E-state index contributed by atoms with van der Waals surface area (Å²) in [4.78, 5) is 0. The molecule has 0 saturated heterocycles. The maximum Gasteiger partial charge on any atom is 0.0629 e. The molecule has 0 heteroatoms. The first-order valence-electron chi connectivity index (χ1n) is 21.4. The average molecular weight is 596 g/mol. The van der Waals surface area contributed by atoms with Gasteiger partial charge in [0.05, 0.1) is 17.8 Å². The Labute approximate surface area is 287 Å². The van der Waals surface area contributed by atoms with Crippen LogP contribution in [0.3, 0.4) is 0 Å². The van der Waals surface area contributed by atoms with E-state index < -0.39 is 84.1 Å². The molecular formula is C46H30. The fourth-order valence-electron chi connectivity index (χ4n) is 6.47. The molecule has 0 saturated carbocycles. The van der Waals surface area contributed by atoms with Crippen LogP contribution in [0.2, 0.25) is 0 Å². The monoisotopic (exact) mass is 595 g/mol. The predicted octanol–water partition coefficient (Wildman–Crippen LogP) is 13.0. The maximum atomic E-state index is 9.32. The van der Waals surface area contributed by atoms with Gasteiger partial charge in [-0.1, -0.05) is 157 Å². The molecule has 0 spiro atoms. The Bertz CT molecular complexity index is 3210. The number of benzene rings is 9. The van der Waals surface area contributed by atoms with Gasteiger partial charge < -0.3 is 0 Å². The summed E-state index contributed by atoms with van der Waals surface area (Å²) in [5.74, 6) is 0. The van der Waals surface area contributed by atoms with Gasteiger partial charge in [0.2, 0.25) is 0 Å². The Morgan fingerprint density at radius 2 is 0.870 bits per heavy atom. The number of fused-ring (bicyclic) bond motifs is 4. The Morgan fingerprint density at radius 3 is 1.59 bits per heavy atom. The molecule has 0 amide bonds. The van der Waals surface area contributed by atoms with Gasteiger partial charge in [-0.05, 0) is 112 Å². The van der Waals surface area contributed by atoms with Crippen LogP contribution in [0.1, 0.15) is 17.8 Å². The van der Waals surface area contributed by atoms with Gasteiger partial charge in [-0.3, -0.25) is 0 Å². The zero-order valence-electron chi connectivity index (χ0n) is 37.3. The second-order valence-electron chi connectivity index (χ2n) is 11.1. The van der Waals surface area contributed by atoms with E-state index in [0.29, 0.717) is 5.56 Å². The SMILES string of the molecule is [2H]c1c([2H])c([2H])c(-c2c3c([2H])c([2H])c([2H])c([2H])c3c(-c3cccc(-c4cc(-c5ccc6ccccc6c5)cc5ccccc45)c3)c3c([2H])c([2H])c([2H])c([2H])c23)c([2H])c1[2H]. The zero-order chi connectivity index (χ0) is 41.8. The van der Waals surface area contributed by atoms with E-state index in [0.717, 1.165) is 43.8 Å². The molecule has 0 aliphatic rings. The Kier molecular flexibility index (Phi) is 3.87. The smallest absolute Gasteiger partial charge is 0.0622 e. The van der Waals surface area contributed by atoms with Gasteiger partial charge in [0.1, 0.15) is 0 Å². The van der Waals surface area contributed by atoms with Crippen LogP contribution in [-0.2, 0) is 0 Å². The molecule has 0 fully saturated rings. The molecule has 9 aromatic carbocycles. The average Bonchev–Trinajstić information content (AvgIpc) is 3.26. The van der Waals surface area contributed by atoms with Gasteiger partial charge in [0, 0.05) is 0 Å². The topological polar surface area (TPSA) is 0 Å². The summed E-state index contributed by atoms with van der Waals surface area (Å²) >= 11 is 0. The number of hydrogen-bond acceptors (Lipinski definition) is 0. The lowest BCUT2D eigenvalue weighted by Gasteiger charge is -2.18. The lowest BCUT2D eigenvalue weighted by Crippen LogP contribution is -1.91. The van der Waals surface area contributed by atoms with Gasteiger partial charge in [-0.25, -0.2) is 0 Å². The van der Waals surface area contributed by atoms with E-state index in [1.54, 1.807) is 12.1 Å². The lowest BCUT2D eigenvalue weighted by molar-refractivity contribution is 1.62. The highest BCUT2D eigenvalue weighted by molar-refractivity contribution is 6.21. The predicted molar refractivity (Wildman–Crippen MR) is 198 cm³/mol. The first-order chi connectivity index (χ1) is 28.2. The summed E-state index contributed by atoms with van der Waals surface area (Å²) < 4.78 is 115. The summed E-state index contributed by atoms with van der Waals surface area (Å²) in [6.07, 6.45) is 0. The van der Waals surface area contributed by atoms with Crippen molar-refractivity contribution in [3.05, 3.63) is 182 Å². The molecule has 0 bridgehead atoms. The van der Waals surface area contributed by atoms with Crippen molar-refractivity contribution in [1.82, 2.24) is 0 Å². The van der Waals surface area contributed by atoms with Crippen LogP contribution in [0.25, 0.3) is 87.6 Å². The van der Waals surface area contributed by atoms with Crippen molar-refractivity contribution < 1.29 is 17.8 Å². The fraction of sp³-hybridized carbons (Fsp3) is 0. The molecule has 0 radical (unpaired) electrons. The van der Waals surface area contributed by atoms with Crippen LogP contribution in [0.4, 0.5) is 0 Å². The van der Waals surface area contributed by atoms with Crippen molar-refractivity contribution in [2.24, 2.45) is 0 Å². The van der Waals surface area contributed by atoms with Crippen LogP contribution in [-0.4, -0.2) is 0 Å². The van der Waals surface area contributed by atoms with E-state index >= 15 is 0 Å². The van der Waals surface area contributed by atoms with Crippen molar-refractivity contribution in [2.45, 2.75) is 0 Å². The van der Waals surface area contributed by atoms with E-state index in [-0.39, 0.29) is 32.7 Å². The molecule has 0 aliphatic heterocycles. The summed E-state index contributed by atoms with van der Waals surface area (Å²) in [5.41, 5.74) is 3.23. The molecule has 0 unspecified atom stereocenters. The highest BCUT2D eigenvalue weighted by atomic mass is 14.2. The van der Waals surface area contributed by atoms with Crippen LogP contribution in [0.5, 0.6) is 0 Å². The molecule has 9 rings (SSSR count). The minimum atomic E-state index is -0.709. The van der Waals surface area contributed by atoms with Gasteiger partial charge >= 0.3 is 0 Å². The summed E-state index contributed by atoms with van der Waals surface area (Å²) in [7, 11) is 0. The third kappa shape index (κ3) is 4.38. The molecule has 0 nitrogen and oxygen atoms in total. The van der Waals surface area contributed by atoms with Gasteiger partial charge in [0.25, 0.3) is 0 Å². The quantitative estimate of drug-likeness (QED) is 0.178. The van der Waals surface area contributed by atoms with Crippen molar-refractivity contribution in [1.29, 1.82) is 0 Å². The standard InChI is InChI=1S/C46H30/c1-2-14-32(15-3-1)45-40-21-8-10-23-42(40)46(43-24-11-9-22-41(43)45)37-19-12-18-36(28-37)44-30-38(29-35-17-6-7-20-39(35)44)34-26-25-31-13-4-5-16-33(31)27-34/h1-30H/i1D,2D,3D,8D,9D,10D,11D,14D,15D,21D,22D,23D,24D. The minimum Gasteiger partial charge on any atom is -0.0622 e. The second kappa shape index (κ2) is 10.9. The van der Waals surface area contributed by atoms with E-state index in [1.165, 1.54) is 0 Å². The molecule has 214 valence electrons. The third-order valence-corrected chi connectivity index (χ3v) is 8.53. The van der Waals surface area contributed by atoms with Gasteiger partial charge in [-0.15, -0.1) is 0 Å². The highest BCUT2D eigenvalue weighted by Gasteiger charge is 2.17. The third-order valence-electron chi connectivity index (χ3n) is 8.53. The van der Waals surface area contributed by atoms with Crippen molar-refractivity contribution in [3.8, 4) is 44.5 Å². The molecule has 0 atom stereocenters. The summed E-state index contributed by atoms with van der Waals surface area (Å²) in [6.45, 7) is 0. The second-order valence-corrected chi connectivity index (χ2v) is 11.1. The van der Waals surface area contributed by atoms with Crippen LogP contribution in [0, 0.1) is 0 Å². The molecular weight excluding hydrogens is 553 g/mol. The normalized spacial score (nSPS) is 15.4. The Morgan fingerprint density at radius 1 is 0.304 bits per heavy atom. The summed E-state index contributed by atoms with van der Waals surface area (Å²) in [6, 6.07) is 25.5. The maximum absolute atomic E-state index is 9.32. The van der Waals surface area contributed by atoms with E-state index in [2.05, 4.69) is 42.5 Å². The largest absolute Gasteiger partial charge is 0.0629 e. The van der Waals surface area contributed by atoms with Crippen molar-refractivity contribution in [3.63, 3.8) is 0 Å². The van der Waals surface area contributed by atoms with Gasteiger partial charge in [-0.2, -0.15) is 0 Å². The first kappa shape index (κ1) is 16.4. The number of rotatable bonds is 4. The van der Waals surface area contributed by atoms with E-state index in [4.69, 9.17) is 12.3 Å². The minimum absolute atomic E-state index is 0.0851. The van der Waals surface area contributed by atoms with Crippen molar-refractivity contribution >= 4 is 43.1 Å². The van der Waals surface area contributed by atoms with Crippen LogP contribution >= 0.6 is 0 Å². The van der Waals surface area contributed by atoms with Gasteiger partial charge in [0.15, 0.2) is 0 Å². The fourth-order valence-corrected chi connectivity index (χ4v) is 6.47. The van der Waals surface area contributed by atoms with Crippen molar-refractivity contribution in [2.75, 3.05) is 0 Å². The van der Waals surface area contributed by atoms with E-state index in [9.17, 15) is 5.48 Å². The lowest BCUT2D eigenvalue weighted by atomic mass is 9.85. The first-order valence-corrected chi connectivity index (χ1v) is 14.9. The zero-order valence-corrected chi connectivity index (χ0v) is 24.3. The van der Waals surface area contributed by atoms with Crippen LogP contribution < -0.4 is 0 Å². The van der Waals surface area contributed by atoms with E-state index in [1.807, 2.05) is 48.5 Å². The molecule has 0 aromatic heterocycles. The Balaban J connectivity index is 1.43. The highest BCUT2D eigenvalue weighted by Crippen LogP contribution is 2.44. The number of hydrogen-bond donors (Lipinski definition) is 0. The molecule has 46 heavy (non-hydrogen) atoms. The molecule has 0 aliphatic carbocycles. The van der Waals surface area contributed by atoms with Crippen LogP contribution in [0.15, 0.2) is 182 Å². The molecule has 9 aromatic rings.